The first kappa shape index (κ1) is 18.2. The third-order valence-electron chi connectivity index (χ3n) is 4.03. The summed E-state index contributed by atoms with van der Waals surface area (Å²) < 4.78 is 19.9. The van der Waals surface area contributed by atoms with Crippen LogP contribution in [0.4, 0.5) is 4.39 Å². The van der Waals surface area contributed by atoms with Gasteiger partial charge in [0.25, 0.3) is 5.91 Å². The molecule has 7 heteroatoms. The summed E-state index contributed by atoms with van der Waals surface area (Å²) in [6.45, 7) is 1.40. The van der Waals surface area contributed by atoms with Gasteiger partial charge in [0, 0.05) is 16.6 Å². The topological polar surface area (TPSA) is 75.6 Å². The van der Waals surface area contributed by atoms with Crippen molar-refractivity contribution < 1.29 is 23.8 Å². The van der Waals surface area contributed by atoms with E-state index in [1.54, 1.807) is 18.2 Å². The van der Waals surface area contributed by atoms with E-state index in [2.05, 4.69) is 5.32 Å². The first-order valence-corrected chi connectivity index (χ1v) is 8.52. The number of carbonyl (C=O) groups is 2. The molecule has 0 radical (unpaired) electrons. The Hall–Kier alpha value is -2.60. The number of hydrogen-bond acceptors (Lipinski definition) is 3. The highest BCUT2D eigenvalue weighted by molar-refractivity contribution is 6.31. The second kappa shape index (κ2) is 7.33. The predicted molar refractivity (Wildman–Crippen MR) is 95.1 cm³/mol. The summed E-state index contributed by atoms with van der Waals surface area (Å²) in [6.07, 6.45) is 0.746. The van der Waals surface area contributed by atoms with Crippen molar-refractivity contribution in [1.82, 2.24) is 5.32 Å². The Morgan fingerprint density at radius 2 is 2.00 bits per heavy atom. The molecule has 0 heterocycles. The minimum absolute atomic E-state index is 0.0379. The van der Waals surface area contributed by atoms with Gasteiger partial charge < -0.3 is 15.2 Å². The van der Waals surface area contributed by atoms with E-state index < -0.39 is 23.8 Å². The number of nitrogens with one attached hydrogen (secondary N) is 1. The lowest BCUT2D eigenvalue weighted by Gasteiger charge is -2.15. The van der Waals surface area contributed by atoms with Crippen molar-refractivity contribution in [3.8, 4) is 16.9 Å². The molecule has 1 fully saturated rings. The molecule has 1 aliphatic rings. The normalized spacial score (nSPS) is 14.6. The lowest BCUT2D eigenvalue weighted by Crippen LogP contribution is -2.26. The van der Waals surface area contributed by atoms with Crippen molar-refractivity contribution >= 4 is 23.5 Å². The molecule has 2 N–H and O–H groups in total. The maximum absolute atomic E-state index is 14.5. The van der Waals surface area contributed by atoms with E-state index in [1.165, 1.54) is 25.1 Å². The molecule has 0 spiro atoms. The van der Waals surface area contributed by atoms with Crippen molar-refractivity contribution in [3.05, 3.63) is 52.8 Å². The van der Waals surface area contributed by atoms with E-state index in [1.807, 2.05) is 0 Å². The van der Waals surface area contributed by atoms with Gasteiger partial charge >= 0.3 is 5.97 Å². The standard InChI is InChI=1S/C19H17ClFNO4/c1-10(19(24)25)26-17-7-3-12(20)9-15(17)11-2-6-14(16(21)8-11)18(23)22-13-4-5-13/h2-3,6-10,13H,4-5H2,1H3,(H,22,23)(H,24,25)/t10-/m1/s1. The highest BCUT2D eigenvalue weighted by Crippen LogP contribution is 2.34. The van der Waals surface area contributed by atoms with Crippen LogP contribution in [0.5, 0.6) is 5.75 Å². The number of halogens is 2. The third kappa shape index (κ3) is 4.14. The average Bonchev–Trinajstić information content (AvgIpc) is 3.40. The molecule has 3 rings (SSSR count). The molecule has 26 heavy (non-hydrogen) atoms. The van der Waals surface area contributed by atoms with Gasteiger partial charge in [0.1, 0.15) is 11.6 Å². The number of rotatable bonds is 6. The van der Waals surface area contributed by atoms with E-state index >= 15 is 0 Å². The van der Waals surface area contributed by atoms with E-state index in [9.17, 15) is 14.0 Å². The number of carboxylic acids is 1. The summed E-state index contributed by atoms with van der Waals surface area (Å²) >= 11 is 6.02. The van der Waals surface area contributed by atoms with Crippen LogP contribution >= 0.6 is 11.6 Å². The highest BCUT2D eigenvalue weighted by atomic mass is 35.5. The van der Waals surface area contributed by atoms with Crippen LogP contribution in [0, 0.1) is 5.82 Å². The summed E-state index contributed by atoms with van der Waals surface area (Å²) in [5, 5.41) is 12.2. The number of carboxylic acid groups (broad SMARTS) is 1. The summed E-state index contributed by atoms with van der Waals surface area (Å²) in [5.41, 5.74) is 0.836. The molecule has 1 atom stereocenters. The molecular formula is C19H17ClFNO4. The Labute approximate surface area is 154 Å². The molecule has 0 unspecified atom stereocenters. The van der Waals surface area contributed by atoms with Gasteiger partial charge in [-0.25, -0.2) is 9.18 Å². The molecule has 1 aliphatic carbocycles. The number of amides is 1. The maximum atomic E-state index is 14.5. The zero-order valence-electron chi connectivity index (χ0n) is 14.0. The molecule has 136 valence electrons. The zero-order chi connectivity index (χ0) is 18.8. The van der Waals surface area contributed by atoms with Crippen molar-refractivity contribution in [2.75, 3.05) is 0 Å². The lowest BCUT2D eigenvalue weighted by molar-refractivity contribution is -0.144. The van der Waals surface area contributed by atoms with Gasteiger partial charge in [0.05, 0.1) is 5.56 Å². The Morgan fingerprint density at radius 1 is 1.27 bits per heavy atom. The fraction of sp³-hybridized carbons (Fsp3) is 0.263. The quantitative estimate of drug-likeness (QED) is 0.800. The van der Waals surface area contributed by atoms with Crippen LogP contribution in [0.2, 0.25) is 5.02 Å². The van der Waals surface area contributed by atoms with Crippen LogP contribution in [-0.4, -0.2) is 29.1 Å². The van der Waals surface area contributed by atoms with Gasteiger partial charge in [-0.3, -0.25) is 4.79 Å². The predicted octanol–water partition coefficient (Wildman–Crippen LogP) is 3.89. The molecule has 0 bridgehead atoms. The first-order valence-electron chi connectivity index (χ1n) is 8.15. The largest absolute Gasteiger partial charge is 0.479 e. The summed E-state index contributed by atoms with van der Waals surface area (Å²) in [6, 6.07) is 8.97. The maximum Gasteiger partial charge on any atom is 0.344 e. The Balaban J connectivity index is 1.92. The van der Waals surface area contributed by atoms with Crippen molar-refractivity contribution in [3.63, 3.8) is 0 Å². The fourth-order valence-corrected chi connectivity index (χ4v) is 2.60. The molecule has 2 aromatic rings. The summed E-state index contributed by atoms with van der Waals surface area (Å²) in [7, 11) is 0. The first-order chi connectivity index (χ1) is 12.3. The van der Waals surface area contributed by atoms with Crippen LogP contribution < -0.4 is 10.1 Å². The number of carbonyl (C=O) groups excluding carboxylic acids is 1. The fourth-order valence-electron chi connectivity index (χ4n) is 2.43. The molecular weight excluding hydrogens is 361 g/mol. The van der Waals surface area contributed by atoms with Gasteiger partial charge in [-0.1, -0.05) is 17.7 Å². The van der Waals surface area contributed by atoms with Crippen molar-refractivity contribution in [2.24, 2.45) is 0 Å². The molecule has 1 amide bonds. The molecule has 2 aromatic carbocycles. The second-order valence-corrected chi connectivity index (χ2v) is 6.62. The van der Waals surface area contributed by atoms with E-state index in [-0.39, 0.29) is 17.4 Å². The van der Waals surface area contributed by atoms with Gasteiger partial charge in [-0.2, -0.15) is 0 Å². The SMILES string of the molecule is C[C@@H](Oc1ccc(Cl)cc1-c1ccc(C(=O)NC2CC2)c(F)c1)C(=O)O. The number of aliphatic carboxylic acids is 1. The highest BCUT2D eigenvalue weighted by Gasteiger charge is 2.25. The van der Waals surface area contributed by atoms with Crippen LogP contribution in [0.3, 0.4) is 0 Å². The van der Waals surface area contributed by atoms with Crippen LogP contribution in [0.15, 0.2) is 36.4 Å². The molecule has 5 nitrogen and oxygen atoms in total. The number of ether oxygens (including phenoxy) is 1. The van der Waals surface area contributed by atoms with Crippen LogP contribution in [0.1, 0.15) is 30.1 Å². The Morgan fingerprint density at radius 3 is 2.62 bits per heavy atom. The second-order valence-electron chi connectivity index (χ2n) is 6.18. The van der Waals surface area contributed by atoms with Gasteiger partial charge in [-0.15, -0.1) is 0 Å². The average molecular weight is 378 g/mol. The van der Waals surface area contributed by atoms with Crippen LogP contribution in [-0.2, 0) is 4.79 Å². The molecule has 1 saturated carbocycles. The van der Waals surface area contributed by atoms with Crippen molar-refractivity contribution in [2.45, 2.75) is 31.9 Å². The van der Waals surface area contributed by atoms with Gasteiger partial charge in [0.15, 0.2) is 6.10 Å². The third-order valence-corrected chi connectivity index (χ3v) is 4.27. The molecule has 0 aliphatic heterocycles. The minimum atomic E-state index is -1.12. The van der Waals surface area contributed by atoms with Gasteiger partial charge in [-0.05, 0) is 55.7 Å². The zero-order valence-corrected chi connectivity index (χ0v) is 14.7. The van der Waals surface area contributed by atoms with Crippen LogP contribution in [0.25, 0.3) is 11.1 Å². The summed E-state index contributed by atoms with van der Waals surface area (Å²) in [4.78, 5) is 23.1. The number of hydrogen-bond donors (Lipinski definition) is 2. The minimum Gasteiger partial charge on any atom is -0.479 e. The Bertz CT molecular complexity index is 867. The Kier molecular flexibility index (Phi) is 5.13. The van der Waals surface area contributed by atoms with Crippen molar-refractivity contribution in [1.29, 1.82) is 0 Å². The summed E-state index contributed by atoms with van der Waals surface area (Å²) in [5.74, 6) is -1.97. The van der Waals surface area contributed by atoms with E-state index in [4.69, 9.17) is 21.4 Å². The monoisotopic (exact) mass is 377 g/mol. The van der Waals surface area contributed by atoms with Gasteiger partial charge in [0.2, 0.25) is 0 Å². The van der Waals surface area contributed by atoms with E-state index in [0.717, 1.165) is 12.8 Å². The van der Waals surface area contributed by atoms with E-state index in [0.29, 0.717) is 16.1 Å². The molecule has 0 saturated heterocycles. The number of benzene rings is 2. The smallest absolute Gasteiger partial charge is 0.344 e. The lowest BCUT2D eigenvalue weighted by atomic mass is 10.0. The molecule has 0 aromatic heterocycles.